The summed E-state index contributed by atoms with van der Waals surface area (Å²) in [6, 6.07) is 5.82. The molecule has 0 bridgehead atoms. The van der Waals surface area contributed by atoms with Crippen LogP contribution >= 0.6 is 27.5 Å². The van der Waals surface area contributed by atoms with E-state index in [-0.39, 0.29) is 0 Å². The van der Waals surface area contributed by atoms with Crippen LogP contribution in [-0.4, -0.2) is 7.05 Å². The Balaban J connectivity index is 2.90. The van der Waals surface area contributed by atoms with Gasteiger partial charge in [-0.1, -0.05) is 24.3 Å². The second-order valence-corrected chi connectivity index (χ2v) is 4.05. The van der Waals surface area contributed by atoms with E-state index in [4.69, 9.17) is 11.6 Å². The third-order valence-corrected chi connectivity index (χ3v) is 2.99. The first-order valence-corrected chi connectivity index (χ1v) is 5.29. The highest BCUT2D eigenvalue weighted by molar-refractivity contribution is 9.10. The van der Waals surface area contributed by atoms with Gasteiger partial charge in [0, 0.05) is 23.4 Å². The van der Waals surface area contributed by atoms with Crippen molar-refractivity contribution < 1.29 is 0 Å². The molecule has 0 aromatic heterocycles. The van der Waals surface area contributed by atoms with Gasteiger partial charge in [-0.3, -0.25) is 0 Å². The zero-order chi connectivity index (χ0) is 10.6. The summed E-state index contributed by atoms with van der Waals surface area (Å²) >= 11 is 9.32. The van der Waals surface area contributed by atoms with E-state index in [0.717, 1.165) is 10.2 Å². The van der Waals surface area contributed by atoms with Crippen molar-refractivity contribution in [2.45, 2.75) is 0 Å². The Morgan fingerprint density at radius 3 is 2.79 bits per heavy atom. The molecule has 1 nitrogen and oxygen atoms in total. The van der Waals surface area contributed by atoms with Gasteiger partial charge in [-0.25, -0.2) is 0 Å². The highest BCUT2D eigenvalue weighted by Gasteiger charge is 2.00. The molecule has 3 heteroatoms. The summed E-state index contributed by atoms with van der Waals surface area (Å²) in [6.45, 7) is 3.61. The van der Waals surface area contributed by atoms with E-state index in [2.05, 4.69) is 22.5 Å². The second-order valence-electron chi connectivity index (χ2n) is 2.79. The lowest BCUT2D eigenvalue weighted by atomic mass is 10.3. The number of hydrogen-bond donors (Lipinski definition) is 0. The zero-order valence-corrected chi connectivity index (χ0v) is 10.2. The average molecular weight is 273 g/mol. The molecule has 74 valence electrons. The van der Waals surface area contributed by atoms with Gasteiger partial charge in [0.05, 0.1) is 5.02 Å². The topological polar surface area (TPSA) is 3.24 Å². The van der Waals surface area contributed by atoms with Crippen LogP contribution in [0, 0.1) is 0 Å². The fourth-order valence-electron chi connectivity index (χ4n) is 0.980. The van der Waals surface area contributed by atoms with Crippen LogP contribution in [0.1, 0.15) is 0 Å². The fraction of sp³-hybridized carbons (Fsp3) is 0.0909. The maximum absolute atomic E-state index is 5.97. The number of halogens is 2. The Hall–Kier alpha value is -0.730. The van der Waals surface area contributed by atoms with Gasteiger partial charge in [-0.2, -0.15) is 0 Å². The first kappa shape index (κ1) is 11.3. The predicted molar refractivity (Wildman–Crippen MR) is 66.9 cm³/mol. The van der Waals surface area contributed by atoms with E-state index in [9.17, 15) is 0 Å². The Morgan fingerprint density at radius 1 is 1.50 bits per heavy atom. The highest BCUT2D eigenvalue weighted by atomic mass is 79.9. The maximum atomic E-state index is 5.97. The molecule has 0 saturated heterocycles. The number of anilines is 1. The lowest BCUT2D eigenvalue weighted by Crippen LogP contribution is -2.07. The molecule has 1 rings (SSSR count). The summed E-state index contributed by atoms with van der Waals surface area (Å²) < 4.78 is 0.906. The van der Waals surface area contributed by atoms with Crippen LogP contribution in [-0.2, 0) is 0 Å². The largest absolute Gasteiger partial charge is 0.351 e. The second kappa shape index (κ2) is 5.23. The maximum Gasteiger partial charge on any atom is 0.0568 e. The average Bonchev–Trinajstić information content (AvgIpc) is 2.18. The van der Waals surface area contributed by atoms with E-state index in [1.54, 1.807) is 6.08 Å². The molecule has 1 aromatic rings. The Kier molecular flexibility index (Phi) is 4.23. The first-order valence-electron chi connectivity index (χ1n) is 4.12. The van der Waals surface area contributed by atoms with Gasteiger partial charge in [-0.05, 0) is 40.2 Å². The van der Waals surface area contributed by atoms with Gasteiger partial charge in [0.15, 0.2) is 0 Å². The molecule has 0 amide bonds. The van der Waals surface area contributed by atoms with Crippen LogP contribution in [0.5, 0.6) is 0 Å². The number of allylic oxidation sites excluding steroid dienone is 2. The van der Waals surface area contributed by atoms with Crippen LogP contribution in [0.3, 0.4) is 0 Å². The van der Waals surface area contributed by atoms with Crippen molar-refractivity contribution in [1.82, 2.24) is 0 Å². The van der Waals surface area contributed by atoms with Crippen molar-refractivity contribution in [3.63, 3.8) is 0 Å². The fourth-order valence-corrected chi connectivity index (χ4v) is 1.40. The standard InChI is InChI=1S/C11H11BrClN/c1-3-4-7-14(2)9-5-6-10(12)11(13)8-9/h3-8H,1H2,2H3/b7-4-. The van der Waals surface area contributed by atoms with Gasteiger partial charge >= 0.3 is 0 Å². The van der Waals surface area contributed by atoms with E-state index in [0.29, 0.717) is 5.02 Å². The van der Waals surface area contributed by atoms with Gasteiger partial charge in [0.25, 0.3) is 0 Å². The normalized spacial score (nSPS) is 10.5. The molecule has 14 heavy (non-hydrogen) atoms. The van der Waals surface area contributed by atoms with E-state index < -0.39 is 0 Å². The number of benzene rings is 1. The van der Waals surface area contributed by atoms with Crippen LogP contribution in [0.25, 0.3) is 0 Å². The summed E-state index contributed by atoms with van der Waals surface area (Å²) in [7, 11) is 1.96. The lowest BCUT2D eigenvalue weighted by Gasteiger charge is -2.14. The predicted octanol–water partition coefficient (Wildman–Crippen LogP) is 4.24. The number of hydrogen-bond acceptors (Lipinski definition) is 1. The van der Waals surface area contributed by atoms with Crippen molar-refractivity contribution >= 4 is 33.2 Å². The summed E-state index contributed by atoms with van der Waals surface area (Å²) in [4.78, 5) is 1.97. The summed E-state index contributed by atoms with van der Waals surface area (Å²) in [5.41, 5.74) is 1.04. The van der Waals surface area contributed by atoms with Crippen molar-refractivity contribution in [3.05, 3.63) is 52.6 Å². The molecule has 0 saturated carbocycles. The molecular weight excluding hydrogens is 261 g/mol. The molecule has 0 aliphatic rings. The third-order valence-electron chi connectivity index (χ3n) is 1.76. The molecular formula is C11H11BrClN. The van der Waals surface area contributed by atoms with Gasteiger partial charge in [0.2, 0.25) is 0 Å². The Labute approximate surface area is 97.8 Å². The van der Waals surface area contributed by atoms with Gasteiger partial charge in [-0.15, -0.1) is 0 Å². The van der Waals surface area contributed by atoms with Crippen molar-refractivity contribution in [3.8, 4) is 0 Å². The molecule has 0 fully saturated rings. The molecule has 0 atom stereocenters. The van der Waals surface area contributed by atoms with Crippen molar-refractivity contribution in [2.24, 2.45) is 0 Å². The molecule has 0 unspecified atom stereocenters. The molecule has 0 heterocycles. The number of rotatable bonds is 3. The first-order chi connectivity index (χ1) is 6.65. The van der Waals surface area contributed by atoms with Gasteiger partial charge in [0.1, 0.15) is 0 Å². The molecule has 0 N–H and O–H groups in total. The Bertz CT molecular complexity index is 360. The minimum atomic E-state index is 0.710. The molecule has 0 radical (unpaired) electrons. The smallest absolute Gasteiger partial charge is 0.0568 e. The SMILES string of the molecule is C=C/C=C\N(C)c1ccc(Br)c(Cl)c1. The highest BCUT2D eigenvalue weighted by Crippen LogP contribution is 2.27. The Morgan fingerprint density at radius 2 is 2.21 bits per heavy atom. The quantitative estimate of drug-likeness (QED) is 0.744. The van der Waals surface area contributed by atoms with E-state index in [1.807, 2.05) is 42.4 Å². The van der Waals surface area contributed by atoms with Crippen LogP contribution in [0.4, 0.5) is 5.69 Å². The van der Waals surface area contributed by atoms with Crippen LogP contribution < -0.4 is 4.90 Å². The lowest BCUT2D eigenvalue weighted by molar-refractivity contribution is 1.20. The van der Waals surface area contributed by atoms with Crippen molar-refractivity contribution in [2.75, 3.05) is 11.9 Å². The van der Waals surface area contributed by atoms with Gasteiger partial charge < -0.3 is 4.90 Å². The molecule has 1 aromatic carbocycles. The number of nitrogens with zero attached hydrogens (tertiary/aromatic N) is 1. The van der Waals surface area contributed by atoms with E-state index >= 15 is 0 Å². The van der Waals surface area contributed by atoms with E-state index in [1.165, 1.54) is 0 Å². The molecule has 0 aliphatic carbocycles. The minimum absolute atomic E-state index is 0.710. The van der Waals surface area contributed by atoms with Crippen LogP contribution in [0.15, 0.2) is 47.6 Å². The minimum Gasteiger partial charge on any atom is -0.351 e. The molecule has 0 spiro atoms. The summed E-state index contributed by atoms with van der Waals surface area (Å²) in [5.74, 6) is 0. The summed E-state index contributed by atoms with van der Waals surface area (Å²) in [5, 5.41) is 0.710. The zero-order valence-electron chi connectivity index (χ0n) is 7.87. The monoisotopic (exact) mass is 271 g/mol. The summed E-state index contributed by atoms with van der Waals surface area (Å²) in [6.07, 6.45) is 5.53. The van der Waals surface area contributed by atoms with Crippen molar-refractivity contribution in [1.29, 1.82) is 0 Å². The molecule has 0 aliphatic heterocycles. The van der Waals surface area contributed by atoms with Crippen LogP contribution in [0.2, 0.25) is 5.02 Å². The third kappa shape index (κ3) is 2.89.